The summed E-state index contributed by atoms with van der Waals surface area (Å²) >= 11 is 1.84. The summed E-state index contributed by atoms with van der Waals surface area (Å²) in [6.45, 7) is 5.20. The van der Waals surface area contributed by atoms with Crippen molar-refractivity contribution >= 4 is 16.9 Å². The van der Waals surface area contributed by atoms with Crippen LogP contribution < -0.4 is 10.1 Å². The molecule has 0 saturated carbocycles. The fourth-order valence-electron chi connectivity index (χ4n) is 2.12. The molecule has 0 spiro atoms. The van der Waals surface area contributed by atoms with Crippen LogP contribution in [0, 0.1) is 0 Å². The van der Waals surface area contributed by atoms with E-state index in [9.17, 15) is 0 Å². The highest BCUT2D eigenvalue weighted by atomic mass is 32.2. The molecular formula is C15H22N2OS. The molecule has 19 heavy (non-hydrogen) atoms. The van der Waals surface area contributed by atoms with Gasteiger partial charge < -0.3 is 10.1 Å². The molecule has 0 aliphatic carbocycles. The third kappa shape index (κ3) is 3.44. The molecule has 4 heteroatoms. The Hall–Kier alpha value is -1.16. The molecule has 3 nitrogen and oxygen atoms in total. The van der Waals surface area contributed by atoms with Gasteiger partial charge in [0.2, 0.25) is 0 Å². The van der Waals surface area contributed by atoms with Crippen LogP contribution in [0.25, 0.3) is 0 Å². The van der Waals surface area contributed by atoms with Gasteiger partial charge in [-0.25, -0.2) is 0 Å². The number of hydrogen-bond donors (Lipinski definition) is 1. The molecule has 0 unspecified atom stereocenters. The van der Waals surface area contributed by atoms with Gasteiger partial charge in [-0.1, -0.05) is 37.7 Å². The summed E-state index contributed by atoms with van der Waals surface area (Å²) in [6, 6.07) is 8.09. The van der Waals surface area contributed by atoms with Crippen molar-refractivity contribution < 1.29 is 4.74 Å². The molecule has 1 fully saturated rings. The van der Waals surface area contributed by atoms with Crippen LogP contribution in [0.1, 0.15) is 32.3 Å². The molecule has 0 aromatic heterocycles. The van der Waals surface area contributed by atoms with Gasteiger partial charge in [0.15, 0.2) is 5.17 Å². The SMILES string of the molecule is CCC1(CC)CSC(=NCc2ccc(OC)cc2)N1. The van der Waals surface area contributed by atoms with Crippen LogP contribution in [0.2, 0.25) is 0 Å². The molecular weight excluding hydrogens is 256 g/mol. The van der Waals surface area contributed by atoms with Crippen LogP contribution in [-0.4, -0.2) is 23.6 Å². The summed E-state index contributed by atoms with van der Waals surface area (Å²) in [5, 5.41) is 4.67. The standard InChI is InChI=1S/C15H22N2OS/c1-4-15(5-2)11-19-14(17-15)16-10-12-6-8-13(18-3)9-7-12/h6-9H,4-5,10-11H2,1-3H3,(H,16,17). The van der Waals surface area contributed by atoms with Gasteiger partial charge in [0.25, 0.3) is 0 Å². The molecule has 1 N–H and O–H groups in total. The summed E-state index contributed by atoms with van der Waals surface area (Å²) < 4.78 is 5.15. The minimum absolute atomic E-state index is 0.253. The molecule has 0 bridgehead atoms. The monoisotopic (exact) mass is 278 g/mol. The van der Waals surface area contributed by atoms with E-state index in [4.69, 9.17) is 4.74 Å². The Balaban J connectivity index is 1.96. The molecule has 0 atom stereocenters. The van der Waals surface area contributed by atoms with Crippen LogP contribution in [-0.2, 0) is 6.54 Å². The highest BCUT2D eigenvalue weighted by Crippen LogP contribution is 2.29. The fraction of sp³-hybridized carbons (Fsp3) is 0.533. The Morgan fingerprint density at radius 2 is 1.95 bits per heavy atom. The number of nitrogens with zero attached hydrogens (tertiary/aromatic N) is 1. The van der Waals surface area contributed by atoms with Crippen LogP contribution >= 0.6 is 11.8 Å². The number of nitrogens with one attached hydrogen (secondary N) is 1. The Kier molecular flexibility index (Phi) is 4.75. The van der Waals surface area contributed by atoms with Crippen molar-refractivity contribution in [3.05, 3.63) is 29.8 Å². The van der Waals surface area contributed by atoms with Gasteiger partial charge in [-0.15, -0.1) is 0 Å². The number of benzene rings is 1. The Labute approximate surface area is 119 Å². The summed E-state index contributed by atoms with van der Waals surface area (Å²) in [6.07, 6.45) is 2.30. The maximum atomic E-state index is 5.15. The lowest BCUT2D eigenvalue weighted by molar-refractivity contribution is 0.407. The number of aliphatic imine (C=N–C) groups is 1. The smallest absolute Gasteiger partial charge is 0.157 e. The zero-order chi connectivity index (χ0) is 13.7. The number of ether oxygens (including phenoxy) is 1. The van der Waals surface area contributed by atoms with E-state index < -0.39 is 0 Å². The quantitative estimate of drug-likeness (QED) is 0.895. The fourth-order valence-corrected chi connectivity index (χ4v) is 3.45. The second kappa shape index (κ2) is 6.33. The van der Waals surface area contributed by atoms with Gasteiger partial charge in [-0.3, -0.25) is 4.99 Å². The van der Waals surface area contributed by atoms with Crippen LogP contribution in [0.15, 0.2) is 29.3 Å². The van der Waals surface area contributed by atoms with Crippen molar-refractivity contribution in [3.63, 3.8) is 0 Å². The molecule has 0 radical (unpaired) electrons. The first-order valence-corrected chi connectivity index (χ1v) is 7.78. The molecule has 1 heterocycles. The summed E-state index contributed by atoms with van der Waals surface area (Å²) in [5.74, 6) is 2.02. The minimum atomic E-state index is 0.253. The second-order valence-corrected chi connectivity index (χ2v) is 5.83. The number of rotatable bonds is 5. The Morgan fingerprint density at radius 3 is 2.47 bits per heavy atom. The van der Waals surface area contributed by atoms with Gasteiger partial charge in [-0.05, 0) is 30.5 Å². The first-order chi connectivity index (χ1) is 9.21. The van der Waals surface area contributed by atoms with E-state index in [-0.39, 0.29) is 5.54 Å². The largest absolute Gasteiger partial charge is 0.497 e. The Morgan fingerprint density at radius 1 is 1.26 bits per heavy atom. The number of hydrogen-bond acceptors (Lipinski definition) is 3. The maximum Gasteiger partial charge on any atom is 0.157 e. The van der Waals surface area contributed by atoms with Gasteiger partial charge in [0.05, 0.1) is 13.7 Å². The molecule has 1 aromatic rings. The Bertz CT molecular complexity index is 438. The van der Waals surface area contributed by atoms with Crippen molar-refractivity contribution in [2.24, 2.45) is 4.99 Å². The van der Waals surface area contributed by atoms with Gasteiger partial charge in [0, 0.05) is 11.3 Å². The van der Waals surface area contributed by atoms with Crippen molar-refractivity contribution in [2.45, 2.75) is 38.8 Å². The molecule has 1 aromatic carbocycles. The predicted octanol–water partition coefficient (Wildman–Crippen LogP) is 3.45. The highest BCUT2D eigenvalue weighted by molar-refractivity contribution is 8.14. The van der Waals surface area contributed by atoms with E-state index in [1.165, 1.54) is 5.56 Å². The predicted molar refractivity (Wildman–Crippen MR) is 83.0 cm³/mol. The highest BCUT2D eigenvalue weighted by Gasteiger charge is 2.33. The molecule has 1 aliphatic rings. The van der Waals surface area contributed by atoms with Crippen LogP contribution in [0.3, 0.4) is 0 Å². The van der Waals surface area contributed by atoms with E-state index in [2.05, 4.69) is 36.3 Å². The summed E-state index contributed by atoms with van der Waals surface area (Å²) in [7, 11) is 1.68. The van der Waals surface area contributed by atoms with Gasteiger partial charge in [0.1, 0.15) is 5.75 Å². The van der Waals surface area contributed by atoms with E-state index >= 15 is 0 Å². The van der Waals surface area contributed by atoms with Crippen LogP contribution in [0.5, 0.6) is 5.75 Å². The molecule has 2 rings (SSSR count). The molecule has 1 aliphatic heterocycles. The normalized spacial score (nSPS) is 19.4. The van der Waals surface area contributed by atoms with Crippen molar-refractivity contribution in [2.75, 3.05) is 12.9 Å². The zero-order valence-corrected chi connectivity index (χ0v) is 12.7. The third-order valence-electron chi connectivity index (χ3n) is 3.78. The lowest BCUT2D eigenvalue weighted by Gasteiger charge is -2.25. The summed E-state index contributed by atoms with van der Waals surface area (Å²) in [4.78, 5) is 4.67. The maximum absolute atomic E-state index is 5.15. The van der Waals surface area contributed by atoms with E-state index in [0.29, 0.717) is 0 Å². The van der Waals surface area contributed by atoms with Crippen molar-refractivity contribution in [1.82, 2.24) is 5.32 Å². The van der Waals surface area contributed by atoms with E-state index in [1.807, 2.05) is 23.9 Å². The third-order valence-corrected chi connectivity index (χ3v) is 4.98. The second-order valence-electron chi connectivity index (χ2n) is 4.87. The molecule has 104 valence electrons. The van der Waals surface area contributed by atoms with E-state index in [0.717, 1.165) is 36.1 Å². The number of thioether (sulfide) groups is 1. The zero-order valence-electron chi connectivity index (χ0n) is 11.9. The average molecular weight is 278 g/mol. The lowest BCUT2D eigenvalue weighted by atomic mass is 9.96. The first kappa shape index (κ1) is 14.3. The summed E-state index contributed by atoms with van der Waals surface area (Å²) in [5.41, 5.74) is 1.46. The van der Waals surface area contributed by atoms with E-state index in [1.54, 1.807) is 7.11 Å². The number of methoxy groups -OCH3 is 1. The van der Waals surface area contributed by atoms with Crippen molar-refractivity contribution in [3.8, 4) is 5.75 Å². The minimum Gasteiger partial charge on any atom is -0.497 e. The number of amidine groups is 1. The van der Waals surface area contributed by atoms with Gasteiger partial charge >= 0.3 is 0 Å². The first-order valence-electron chi connectivity index (χ1n) is 6.79. The molecule has 1 saturated heterocycles. The van der Waals surface area contributed by atoms with Crippen molar-refractivity contribution in [1.29, 1.82) is 0 Å². The lowest BCUT2D eigenvalue weighted by Crippen LogP contribution is -2.42. The average Bonchev–Trinajstić information content (AvgIpc) is 2.90. The van der Waals surface area contributed by atoms with Gasteiger partial charge in [-0.2, -0.15) is 0 Å². The topological polar surface area (TPSA) is 33.6 Å². The molecule has 0 amide bonds. The van der Waals surface area contributed by atoms with Crippen LogP contribution in [0.4, 0.5) is 0 Å².